The first kappa shape index (κ1) is 24.6. The number of carbonyl (C=O) groups excluding carboxylic acids is 1. The molecule has 1 atom stereocenters. The van der Waals surface area contributed by atoms with Gasteiger partial charge in [0.05, 0.1) is 10.7 Å². The highest BCUT2D eigenvalue weighted by Crippen LogP contribution is 2.18. The summed E-state index contributed by atoms with van der Waals surface area (Å²) >= 11 is 1.68. The number of benzene rings is 1. The first-order chi connectivity index (χ1) is 14.1. The number of halogens is 1. The lowest BCUT2D eigenvalue weighted by Crippen LogP contribution is -2.38. The van der Waals surface area contributed by atoms with Gasteiger partial charge in [-0.2, -0.15) is 0 Å². The van der Waals surface area contributed by atoms with Crippen molar-refractivity contribution in [2.75, 3.05) is 32.7 Å². The normalized spacial score (nSPS) is 16.5. The van der Waals surface area contributed by atoms with E-state index in [9.17, 15) is 4.79 Å². The summed E-state index contributed by atoms with van der Waals surface area (Å²) < 4.78 is 0. The molecule has 2 N–H and O–H groups in total. The van der Waals surface area contributed by atoms with Crippen molar-refractivity contribution in [3.8, 4) is 0 Å². The van der Waals surface area contributed by atoms with Crippen LogP contribution < -0.4 is 10.6 Å². The van der Waals surface area contributed by atoms with Gasteiger partial charge in [-0.3, -0.25) is 9.79 Å². The number of nitrogens with one attached hydrogen (secondary N) is 2. The van der Waals surface area contributed by atoms with Crippen LogP contribution in [0.15, 0.2) is 40.7 Å². The maximum absolute atomic E-state index is 12.3. The van der Waals surface area contributed by atoms with E-state index in [2.05, 4.69) is 40.1 Å². The summed E-state index contributed by atoms with van der Waals surface area (Å²) in [4.78, 5) is 23.5. The quantitative estimate of drug-likeness (QED) is 0.291. The number of aromatic nitrogens is 1. The molecule has 3 rings (SSSR count). The number of aryl methyl sites for hydroxylation is 1. The van der Waals surface area contributed by atoms with Crippen LogP contribution >= 0.6 is 35.3 Å². The number of hydrogen-bond acceptors (Lipinski definition) is 4. The molecule has 1 saturated heterocycles. The predicted molar refractivity (Wildman–Crippen MR) is 135 cm³/mol. The van der Waals surface area contributed by atoms with E-state index in [0.717, 1.165) is 55.7 Å². The molecule has 2 aromatic rings. The average Bonchev–Trinajstić information content (AvgIpc) is 3.30. The summed E-state index contributed by atoms with van der Waals surface area (Å²) in [6.07, 6.45) is 2.38. The largest absolute Gasteiger partial charge is 0.357 e. The zero-order valence-corrected chi connectivity index (χ0v) is 20.9. The zero-order chi connectivity index (χ0) is 20.5. The molecule has 0 radical (unpaired) electrons. The van der Waals surface area contributed by atoms with Crippen molar-refractivity contribution in [2.45, 2.75) is 33.1 Å². The highest BCUT2D eigenvalue weighted by atomic mass is 127. The van der Waals surface area contributed by atoms with Gasteiger partial charge < -0.3 is 15.5 Å². The minimum Gasteiger partial charge on any atom is -0.357 e. The molecule has 164 valence electrons. The minimum atomic E-state index is 0. The van der Waals surface area contributed by atoms with Gasteiger partial charge in [0.25, 0.3) is 0 Å². The number of guanidine groups is 1. The first-order valence-corrected chi connectivity index (χ1v) is 11.3. The van der Waals surface area contributed by atoms with Crippen molar-refractivity contribution in [3.05, 3.63) is 52.0 Å². The average molecular weight is 542 g/mol. The first-order valence-electron chi connectivity index (χ1n) is 10.4. The highest BCUT2D eigenvalue weighted by molar-refractivity contribution is 14.0. The number of rotatable bonds is 9. The van der Waals surface area contributed by atoms with Crippen LogP contribution in [0.1, 0.15) is 29.6 Å². The fourth-order valence-electron chi connectivity index (χ4n) is 3.50. The molecule has 0 spiro atoms. The van der Waals surface area contributed by atoms with Crippen molar-refractivity contribution < 1.29 is 4.79 Å². The molecule has 0 saturated carbocycles. The van der Waals surface area contributed by atoms with Gasteiger partial charge >= 0.3 is 0 Å². The second-order valence-electron chi connectivity index (χ2n) is 7.40. The molecule has 1 aliphatic rings. The van der Waals surface area contributed by atoms with Crippen molar-refractivity contribution in [2.24, 2.45) is 10.9 Å². The van der Waals surface area contributed by atoms with E-state index < -0.39 is 0 Å². The van der Waals surface area contributed by atoms with Crippen LogP contribution in [-0.2, 0) is 17.6 Å². The molecule has 0 aliphatic carbocycles. The van der Waals surface area contributed by atoms with Crippen LogP contribution in [0.2, 0.25) is 0 Å². The summed E-state index contributed by atoms with van der Waals surface area (Å²) in [6.45, 7) is 7.95. The maximum atomic E-state index is 12.3. The van der Waals surface area contributed by atoms with E-state index in [4.69, 9.17) is 4.99 Å². The van der Waals surface area contributed by atoms with Crippen molar-refractivity contribution >= 4 is 47.2 Å². The molecular weight excluding hydrogens is 509 g/mol. The Kier molecular flexibility index (Phi) is 10.6. The van der Waals surface area contributed by atoms with E-state index in [0.29, 0.717) is 13.0 Å². The molecule has 1 aliphatic heterocycles. The fourth-order valence-corrected chi connectivity index (χ4v) is 4.14. The zero-order valence-electron chi connectivity index (χ0n) is 17.8. The SMILES string of the molecule is CCNC(=NCC1CC(=O)N(CCc2ccccc2)C1)NCCc1csc(C)n1.I. The number of thiazole rings is 1. The Morgan fingerprint density at radius 3 is 2.77 bits per heavy atom. The molecule has 1 amide bonds. The fraction of sp³-hybridized carbons (Fsp3) is 0.500. The maximum Gasteiger partial charge on any atom is 0.223 e. The number of likely N-dealkylation sites (tertiary alicyclic amines) is 1. The summed E-state index contributed by atoms with van der Waals surface area (Å²) in [5.41, 5.74) is 2.39. The molecule has 6 nitrogen and oxygen atoms in total. The van der Waals surface area contributed by atoms with Gasteiger partial charge in [0.1, 0.15) is 0 Å². The lowest BCUT2D eigenvalue weighted by atomic mass is 10.1. The summed E-state index contributed by atoms with van der Waals surface area (Å²) in [5, 5.41) is 9.87. The molecule has 1 unspecified atom stereocenters. The summed E-state index contributed by atoms with van der Waals surface area (Å²) in [5.74, 6) is 1.35. The van der Waals surface area contributed by atoms with Gasteiger partial charge in [-0.25, -0.2) is 4.98 Å². The summed E-state index contributed by atoms with van der Waals surface area (Å²) in [6, 6.07) is 10.3. The second-order valence-corrected chi connectivity index (χ2v) is 8.46. The van der Waals surface area contributed by atoms with Gasteiger partial charge in [0, 0.05) is 56.9 Å². The molecular formula is C22H32IN5OS. The molecule has 1 aromatic carbocycles. The van der Waals surface area contributed by atoms with E-state index in [1.165, 1.54) is 5.56 Å². The molecule has 1 fully saturated rings. The van der Waals surface area contributed by atoms with Crippen LogP contribution in [0.3, 0.4) is 0 Å². The van der Waals surface area contributed by atoms with Gasteiger partial charge in [-0.1, -0.05) is 30.3 Å². The van der Waals surface area contributed by atoms with Gasteiger partial charge in [-0.05, 0) is 25.8 Å². The van der Waals surface area contributed by atoms with Crippen molar-refractivity contribution in [1.82, 2.24) is 20.5 Å². The third kappa shape index (κ3) is 7.86. The lowest BCUT2D eigenvalue weighted by Gasteiger charge is -2.16. The Bertz CT molecular complexity index is 811. The molecule has 1 aromatic heterocycles. The molecule has 0 bridgehead atoms. The smallest absolute Gasteiger partial charge is 0.223 e. The minimum absolute atomic E-state index is 0. The second kappa shape index (κ2) is 12.9. The monoisotopic (exact) mass is 541 g/mol. The van der Waals surface area contributed by atoms with E-state index in [-0.39, 0.29) is 35.8 Å². The van der Waals surface area contributed by atoms with Crippen LogP contribution in [0.4, 0.5) is 0 Å². The lowest BCUT2D eigenvalue weighted by molar-refractivity contribution is -0.127. The van der Waals surface area contributed by atoms with Crippen molar-refractivity contribution in [3.63, 3.8) is 0 Å². The number of aliphatic imine (C=N–C) groups is 1. The molecule has 30 heavy (non-hydrogen) atoms. The van der Waals surface area contributed by atoms with Gasteiger partial charge in [0.15, 0.2) is 5.96 Å². The van der Waals surface area contributed by atoms with Crippen LogP contribution in [-0.4, -0.2) is 54.5 Å². The number of amides is 1. The predicted octanol–water partition coefficient (Wildman–Crippen LogP) is 3.26. The standard InChI is InChI=1S/C22H31N5OS.HI/c1-3-23-22(24-11-9-20-16-29-17(2)26-20)25-14-19-13-21(28)27(15-19)12-10-18-7-5-4-6-8-18;/h4-8,16,19H,3,9-15H2,1-2H3,(H2,23,24,25);1H. The highest BCUT2D eigenvalue weighted by Gasteiger charge is 2.28. The number of nitrogens with zero attached hydrogens (tertiary/aromatic N) is 3. The Balaban J connectivity index is 0.00000320. The van der Waals surface area contributed by atoms with E-state index in [1.54, 1.807) is 11.3 Å². The van der Waals surface area contributed by atoms with Crippen LogP contribution in [0.5, 0.6) is 0 Å². The number of carbonyl (C=O) groups is 1. The van der Waals surface area contributed by atoms with Gasteiger partial charge in [-0.15, -0.1) is 35.3 Å². The van der Waals surface area contributed by atoms with Gasteiger partial charge in [0.2, 0.25) is 5.91 Å². The number of hydrogen-bond donors (Lipinski definition) is 2. The summed E-state index contributed by atoms with van der Waals surface area (Å²) in [7, 11) is 0. The van der Waals surface area contributed by atoms with Crippen LogP contribution in [0.25, 0.3) is 0 Å². The van der Waals surface area contributed by atoms with E-state index in [1.807, 2.05) is 30.0 Å². The molecule has 2 heterocycles. The van der Waals surface area contributed by atoms with Crippen LogP contribution in [0, 0.1) is 12.8 Å². The Labute approximate surface area is 200 Å². The Hall–Kier alpha value is -1.68. The Morgan fingerprint density at radius 1 is 1.27 bits per heavy atom. The van der Waals surface area contributed by atoms with Crippen molar-refractivity contribution in [1.29, 1.82) is 0 Å². The Morgan fingerprint density at radius 2 is 2.07 bits per heavy atom. The van der Waals surface area contributed by atoms with E-state index >= 15 is 0 Å². The third-order valence-corrected chi connectivity index (χ3v) is 5.82. The molecule has 8 heteroatoms. The third-order valence-electron chi connectivity index (χ3n) is 5.00. The topological polar surface area (TPSA) is 69.6 Å².